The van der Waals surface area contributed by atoms with Crippen molar-refractivity contribution >= 4 is 0 Å². The molecule has 0 aliphatic rings. The average molecular weight is 230 g/mol. The van der Waals surface area contributed by atoms with Crippen LogP contribution >= 0.6 is 0 Å². The van der Waals surface area contributed by atoms with E-state index in [1.54, 1.807) is 0 Å². The van der Waals surface area contributed by atoms with E-state index in [4.69, 9.17) is 0 Å². The first-order valence-electron chi connectivity index (χ1n) is 7.54. The Labute approximate surface area is 106 Å². The Balaban J connectivity index is -0.000000376. The Morgan fingerprint density at radius 2 is 0.750 bits per heavy atom. The molecule has 0 heteroatoms. The van der Waals surface area contributed by atoms with Crippen LogP contribution in [0.2, 0.25) is 0 Å². The molecule has 0 aromatic heterocycles. The summed E-state index contributed by atoms with van der Waals surface area (Å²) in [5.41, 5.74) is 0. The predicted octanol–water partition coefficient (Wildman–Crippen LogP) is 6.40. The van der Waals surface area contributed by atoms with E-state index in [1.165, 1.54) is 12.8 Å². The summed E-state index contributed by atoms with van der Waals surface area (Å²) in [6.45, 7) is 22.2. The van der Waals surface area contributed by atoms with Crippen molar-refractivity contribution in [2.45, 2.75) is 82.1 Å². The molecule has 4 atom stereocenters. The summed E-state index contributed by atoms with van der Waals surface area (Å²) < 4.78 is 0. The van der Waals surface area contributed by atoms with Crippen molar-refractivity contribution in [2.24, 2.45) is 23.7 Å². The average Bonchev–Trinajstić information content (AvgIpc) is 2.39. The number of hydrogen-bond donors (Lipinski definition) is 0. The van der Waals surface area contributed by atoms with Gasteiger partial charge in [0.25, 0.3) is 0 Å². The molecule has 0 radical (unpaired) electrons. The lowest BCUT2D eigenvalue weighted by Gasteiger charge is -2.29. The molecule has 0 aromatic carbocycles. The zero-order chi connectivity index (χ0) is 13.7. The highest BCUT2D eigenvalue weighted by atomic mass is 14.3. The normalized spacial score (nSPS) is 16.9. The Morgan fingerprint density at radius 3 is 0.875 bits per heavy atom. The third-order valence-corrected chi connectivity index (χ3v) is 3.91. The molecule has 0 aliphatic heterocycles. The van der Waals surface area contributed by atoms with E-state index in [-0.39, 0.29) is 0 Å². The van der Waals surface area contributed by atoms with Gasteiger partial charge in [-0.25, -0.2) is 0 Å². The first-order chi connectivity index (χ1) is 7.54. The Kier molecular flexibility index (Phi) is 20.0. The summed E-state index contributed by atoms with van der Waals surface area (Å²) in [6, 6.07) is 0. The van der Waals surface area contributed by atoms with Crippen LogP contribution < -0.4 is 0 Å². The van der Waals surface area contributed by atoms with Gasteiger partial charge in [-0.05, 0) is 23.7 Å². The molecule has 0 fully saturated rings. The van der Waals surface area contributed by atoms with Gasteiger partial charge >= 0.3 is 0 Å². The summed E-state index contributed by atoms with van der Waals surface area (Å²) in [5.74, 6) is 3.53. The van der Waals surface area contributed by atoms with Crippen LogP contribution in [0.15, 0.2) is 0 Å². The molecule has 0 N–H and O–H groups in total. The number of rotatable bonds is 5. The van der Waals surface area contributed by atoms with Gasteiger partial charge in [0.05, 0.1) is 0 Å². The van der Waals surface area contributed by atoms with Crippen molar-refractivity contribution in [3.8, 4) is 0 Å². The van der Waals surface area contributed by atoms with Crippen LogP contribution in [0, 0.1) is 23.7 Å². The molecule has 0 nitrogen and oxygen atoms in total. The second-order valence-corrected chi connectivity index (χ2v) is 4.49. The summed E-state index contributed by atoms with van der Waals surface area (Å²) in [4.78, 5) is 0. The van der Waals surface area contributed by atoms with Gasteiger partial charge in [0.2, 0.25) is 0 Å². The highest BCUT2D eigenvalue weighted by Crippen LogP contribution is 2.29. The van der Waals surface area contributed by atoms with Gasteiger partial charge in [0, 0.05) is 0 Å². The third kappa shape index (κ3) is 9.24. The topological polar surface area (TPSA) is 0 Å². The molecule has 0 saturated heterocycles. The van der Waals surface area contributed by atoms with Crippen molar-refractivity contribution in [3.05, 3.63) is 0 Å². The maximum absolute atomic E-state index is 2.41. The van der Waals surface area contributed by atoms with Gasteiger partial charge in [-0.15, -0.1) is 0 Å². The van der Waals surface area contributed by atoms with Gasteiger partial charge in [-0.1, -0.05) is 82.1 Å². The molecule has 4 unspecified atom stereocenters. The fourth-order valence-electron chi connectivity index (χ4n) is 1.78. The van der Waals surface area contributed by atoms with Crippen molar-refractivity contribution < 1.29 is 0 Å². The largest absolute Gasteiger partial charge is 0.0683 e. The molecule has 16 heavy (non-hydrogen) atoms. The monoisotopic (exact) mass is 230 g/mol. The van der Waals surface area contributed by atoms with E-state index in [2.05, 4.69) is 41.5 Å². The summed E-state index contributed by atoms with van der Waals surface area (Å²) >= 11 is 0. The van der Waals surface area contributed by atoms with E-state index in [0.717, 1.165) is 23.7 Å². The Hall–Kier alpha value is 0. The van der Waals surface area contributed by atoms with Crippen LogP contribution in [0.4, 0.5) is 0 Å². The van der Waals surface area contributed by atoms with Gasteiger partial charge in [0.1, 0.15) is 0 Å². The molecular formula is C16H38. The highest BCUT2D eigenvalue weighted by Gasteiger charge is 2.21. The van der Waals surface area contributed by atoms with Crippen LogP contribution in [0.25, 0.3) is 0 Å². The van der Waals surface area contributed by atoms with Crippen LogP contribution in [-0.4, -0.2) is 0 Å². The van der Waals surface area contributed by atoms with Crippen molar-refractivity contribution in [3.63, 3.8) is 0 Å². The zero-order valence-corrected chi connectivity index (χ0v) is 13.7. The molecule has 0 saturated carbocycles. The van der Waals surface area contributed by atoms with Crippen molar-refractivity contribution in [2.75, 3.05) is 0 Å². The Morgan fingerprint density at radius 1 is 0.562 bits per heavy atom. The lowest BCUT2D eigenvalue weighted by Crippen LogP contribution is -2.21. The first-order valence-corrected chi connectivity index (χ1v) is 7.54. The molecule has 0 amide bonds. The van der Waals surface area contributed by atoms with Gasteiger partial charge in [-0.2, -0.15) is 0 Å². The molecule has 0 bridgehead atoms. The van der Waals surface area contributed by atoms with E-state index >= 15 is 0 Å². The van der Waals surface area contributed by atoms with Crippen LogP contribution in [0.5, 0.6) is 0 Å². The molecule has 0 heterocycles. The van der Waals surface area contributed by atoms with Crippen LogP contribution in [-0.2, 0) is 0 Å². The van der Waals surface area contributed by atoms with Gasteiger partial charge in [0.15, 0.2) is 0 Å². The van der Waals surface area contributed by atoms with Crippen molar-refractivity contribution in [1.82, 2.24) is 0 Å². The van der Waals surface area contributed by atoms with Crippen LogP contribution in [0.3, 0.4) is 0 Å². The van der Waals surface area contributed by atoms with Gasteiger partial charge < -0.3 is 0 Å². The SMILES string of the molecule is CC.CC.CCC(C)C(C)C(C)C(C)CC. The second-order valence-electron chi connectivity index (χ2n) is 4.49. The summed E-state index contributed by atoms with van der Waals surface area (Å²) in [6.07, 6.45) is 2.64. The number of hydrogen-bond acceptors (Lipinski definition) is 0. The highest BCUT2D eigenvalue weighted by molar-refractivity contribution is 4.70. The molecule has 102 valence electrons. The van der Waals surface area contributed by atoms with E-state index in [9.17, 15) is 0 Å². The molecule has 0 rings (SSSR count). The van der Waals surface area contributed by atoms with Gasteiger partial charge in [-0.3, -0.25) is 0 Å². The molecule has 0 spiro atoms. The first kappa shape index (κ1) is 21.3. The third-order valence-electron chi connectivity index (χ3n) is 3.91. The molecular weight excluding hydrogens is 192 g/mol. The quantitative estimate of drug-likeness (QED) is 0.512. The predicted molar refractivity (Wildman–Crippen MR) is 79.9 cm³/mol. The van der Waals surface area contributed by atoms with Crippen LogP contribution in [0.1, 0.15) is 82.1 Å². The lowest BCUT2D eigenvalue weighted by molar-refractivity contribution is 0.205. The minimum Gasteiger partial charge on any atom is -0.0683 e. The van der Waals surface area contributed by atoms with Crippen molar-refractivity contribution in [1.29, 1.82) is 0 Å². The minimum atomic E-state index is 0.880. The lowest BCUT2D eigenvalue weighted by atomic mass is 9.77. The second kappa shape index (κ2) is 15.0. The summed E-state index contributed by atoms with van der Waals surface area (Å²) in [7, 11) is 0. The fraction of sp³-hybridized carbons (Fsp3) is 1.00. The fourth-order valence-corrected chi connectivity index (χ4v) is 1.78. The minimum absolute atomic E-state index is 0.880. The molecule has 0 aliphatic carbocycles. The maximum Gasteiger partial charge on any atom is -0.0389 e. The maximum atomic E-state index is 2.41. The zero-order valence-electron chi connectivity index (χ0n) is 13.7. The summed E-state index contributed by atoms with van der Waals surface area (Å²) in [5, 5.41) is 0. The Bertz CT molecular complexity index is 92.6. The molecule has 0 aromatic rings. The van der Waals surface area contributed by atoms with E-state index in [1.807, 2.05) is 27.7 Å². The van der Waals surface area contributed by atoms with E-state index < -0.39 is 0 Å². The van der Waals surface area contributed by atoms with E-state index in [0.29, 0.717) is 0 Å². The smallest absolute Gasteiger partial charge is 0.0389 e. The standard InChI is InChI=1S/C12H26.2C2H6/c1-7-9(3)11(5)12(6)10(4)8-2;2*1-2/h9-12H,7-8H2,1-6H3;2*1-2H3.